The first-order chi connectivity index (χ1) is 6.97. The molecule has 9 heteroatoms. The molecule has 8 nitrogen and oxygen atoms in total. The Balaban J connectivity index is -0.000000156. The van der Waals surface area contributed by atoms with Gasteiger partial charge in [-0.3, -0.25) is 15.5 Å². The van der Waals surface area contributed by atoms with Crippen molar-refractivity contribution in [2.45, 2.75) is 0 Å². The second kappa shape index (κ2) is 15.6. The molecule has 0 fully saturated rings. The van der Waals surface area contributed by atoms with Gasteiger partial charge in [-0.1, -0.05) is 6.07 Å². The second-order valence-electron chi connectivity index (χ2n) is 2.31. The summed E-state index contributed by atoms with van der Waals surface area (Å²) in [6, 6.07) is 7.57. The van der Waals surface area contributed by atoms with Gasteiger partial charge in [0.15, 0.2) is 0 Å². The number of nitrogens with zero attached hydrogens (tertiary/aromatic N) is 3. The van der Waals surface area contributed by atoms with Gasteiger partial charge in [0.05, 0.1) is 11.4 Å². The summed E-state index contributed by atoms with van der Waals surface area (Å²) in [5.41, 5.74) is 1.73. The van der Waals surface area contributed by atoms with Crippen LogP contribution in [0.5, 0.6) is 0 Å². The summed E-state index contributed by atoms with van der Waals surface area (Å²) < 4.78 is 0. The zero-order valence-corrected chi connectivity index (χ0v) is 11.1. The van der Waals surface area contributed by atoms with E-state index >= 15 is 0 Å². The van der Waals surface area contributed by atoms with E-state index in [0.29, 0.717) is 0 Å². The van der Waals surface area contributed by atoms with Crippen molar-refractivity contribution >= 4 is 0 Å². The molecule has 99 valence electrons. The second-order valence-corrected chi connectivity index (χ2v) is 2.31. The molecule has 2 rings (SSSR count). The van der Waals surface area contributed by atoms with Crippen LogP contribution in [0.4, 0.5) is 0 Å². The summed E-state index contributed by atoms with van der Waals surface area (Å²) in [5.74, 6) is 0. The maximum atomic E-state index is 6.00. The Hall–Kier alpha value is -1.39. The summed E-state index contributed by atoms with van der Waals surface area (Å²) in [4.78, 5) is 12.1. The Morgan fingerprint density at radius 3 is 1.94 bits per heavy atom. The largest absolute Gasteiger partial charge is 2.00 e. The van der Waals surface area contributed by atoms with Crippen LogP contribution in [0.2, 0.25) is 0 Å². The summed E-state index contributed by atoms with van der Waals surface area (Å²) in [5, 5.41) is 12.0. The Bertz CT molecular complexity index is 328. The van der Waals surface area contributed by atoms with Crippen LogP contribution in [-0.2, 0) is 18.6 Å². The molecule has 0 aliphatic rings. The molecule has 9 N–H and O–H groups in total. The van der Waals surface area contributed by atoms with E-state index in [2.05, 4.69) is 15.0 Å². The first-order valence-corrected chi connectivity index (χ1v) is 3.84. The van der Waals surface area contributed by atoms with Gasteiger partial charge in [0.2, 0.25) is 0 Å². The van der Waals surface area contributed by atoms with Crippen molar-refractivity contribution in [3.63, 3.8) is 0 Å². The predicted octanol–water partition coefficient (Wildman–Crippen LogP) is 0.928. The molecule has 2 aromatic rings. The molecule has 1 radical (unpaired) electrons. The standard InChI is InChI=1S/C9H7N3.H3N.H2O2.2H2O.V/c1-2-5-11-8(3-1)9-4-6-10-7-12-9;;1-2;;;/h1-7H;1H3;1-2H;2*1H2;/q;;;;;+2. The van der Waals surface area contributed by atoms with Crippen LogP contribution >= 0.6 is 0 Å². The van der Waals surface area contributed by atoms with Crippen LogP contribution in [0.3, 0.4) is 0 Å². The van der Waals surface area contributed by atoms with Gasteiger partial charge in [0, 0.05) is 12.4 Å². The smallest absolute Gasteiger partial charge is 0.870 e. The summed E-state index contributed by atoms with van der Waals surface area (Å²) in [6.07, 6.45) is 4.97. The molecular formula is C9H16N4O4V+2. The van der Waals surface area contributed by atoms with Crippen LogP contribution in [0, 0.1) is 0 Å². The fourth-order valence-electron chi connectivity index (χ4n) is 0.956. The van der Waals surface area contributed by atoms with Crippen LogP contribution in [-0.4, -0.2) is 36.4 Å². The van der Waals surface area contributed by atoms with Gasteiger partial charge < -0.3 is 17.1 Å². The molecule has 2 aromatic heterocycles. The van der Waals surface area contributed by atoms with Gasteiger partial charge in [-0.05, 0) is 18.2 Å². The van der Waals surface area contributed by atoms with Crippen LogP contribution in [0.15, 0.2) is 43.0 Å². The van der Waals surface area contributed by atoms with Crippen LogP contribution in [0.1, 0.15) is 0 Å². The van der Waals surface area contributed by atoms with E-state index in [0.717, 1.165) is 11.4 Å². The number of rotatable bonds is 1. The third-order valence-electron chi connectivity index (χ3n) is 1.51. The van der Waals surface area contributed by atoms with Crippen molar-refractivity contribution in [2.24, 2.45) is 0 Å². The van der Waals surface area contributed by atoms with E-state index in [1.165, 1.54) is 6.33 Å². The Labute approximate surface area is 116 Å². The molecular weight excluding hydrogens is 279 g/mol. The normalized spacial score (nSPS) is 6.78. The zero-order valence-electron chi connectivity index (χ0n) is 9.67. The molecule has 0 aliphatic heterocycles. The maximum Gasteiger partial charge on any atom is 2.00 e. The number of quaternary nitrogens is 1. The molecule has 0 saturated heterocycles. The van der Waals surface area contributed by atoms with Gasteiger partial charge in [0.25, 0.3) is 0 Å². The van der Waals surface area contributed by atoms with Gasteiger partial charge in [0.1, 0.15) is 6.33 Å². The molecule has 0 aliphatic carbocycles. The summed E-state index contributed by atoms with van der Waals surface area (Å²) >= 11 is 0. The van der Waals surface area contributed by atoms with Gasteiger partial charge in [-0.2, -0.15) is 0 Å². The van der Waals surface area contributed by atoms with Crippen molar-refractivity contribution in [3.05, 3.63) is 43.0 Å². The zero-order chi connectivity index (χ0) is 10.2. The molecule has 0 amide bonds. The van der Waals surface area contributed by atoms with Gasteiger partial charge in [-0.15, -0.1) is 0 Å². The number of hydrogen-bond acceptors (Lipinski definition) is 6. The van der Waals surface area contributed by atoms with E-state index in [1.807, 2.05) is 24.3 Å². The molecule has 0 saturated carbocycles. The topological polar surface area (TPSA) is 177 Å². The third-order valence-corrected chi connectivity index (χ3v) is 1.51. The minimum Gasteiger partial charge on any atom is -0.870 e. The SMILES string of the molecule is O.OO.[NH4+].[OH-].[V+2].c1ccc(-c2ccncn2)nc1. The Kier molecular flexibility index (Phi) is 22.1. The van der Waals surface area contributed by atoms with Gasteiger partial charge in [-0.25, -0.2) is 9.97 Å². The molecule has 0 atom stereocenters. The van der Waals surface area contributed by atoms with Crippen molar-refractivity contribution in [1.82, 2.24) is 21.1 Å². The number of pyridine rings is 1. The predicted molar refractivity (Wildman–Crippen MR) is 62.1 cm³/mol. The van der Waals surface area contributed by atoms with E-state index in [-0.39, 0.29) is 35.7 Å². The summed E-state index contributed by atoms with van der Waals surface area (Å²) in [7, 11) is 0. The van der Waals surface area contributed by atoms with E-state index in [9.17, 15) is 0 Å². The van der Waals surface area contributed by atoms with Crippen molar-refractivity contribution < 1.29 is 40.0 Å². The third kappa shape index (κ3) is 7.82. The fourth-order valence-corrected chi connectivity index (χ4v) is 0.956. The molecule has 18 heavy (non-hydrogen) atoms. The average Bonchev–Trinajstić information content (AvgIpc) is 2.34. The molecule has 0 aromatic carbocycles. The molecule has 0 bridgehead atoms. The summed E-state index contributed by atoms with van der Waals surface area (Å²) in [6.45, 7) is 0. The maximum absolute atomic E-state index is 6.00. The Morgan fingerprint density at radius 1 is 0.889 bits per heavy atom. The van der Waals surface area contributed by atoms with Gasteiger partial charge >= 0.3 is 18.6 Å². The molecule has 0 spiro atoms. The van der Waals surface area contributed by atoms with Crippen LogP contribution in [0.25, 0.3) is 11.4 Å². The first kappa shape index (κ1) is 25.5. The molecule has 2 heterocycles. The van der Waals surface area contributed by atoms with Crippen molar-refractivity contribution in [3.8, 4) is 11.4 Å². The molecule has 0 unspecified atom stereocenters. The van der Waals surface area contributed by atoms with Crippen molar-refractivity contribution in [1.29, 1.82) is 0 Å². The van der Waals surface area contributed by atoms with E-state index in [4.69, 9.17) is 10.5 Å². The first-order valence-electron chi connectivity index (χ1n) is 3.84. The minimum absolute atomic E-state index is 0. The quantitative estimate of drug-likeness (QED) is 0.520. The monoisotopic (exact) mass is 295 g/mol. The fraction of sp³-hybridized carbons (Fsp3) is 0. The minimum atomic E-state index is 0. The average molecular weight is 295 g/mol. The van der Waals surface area contributed by atoms with E-state index < -0.39 is 0 Å². The number of aromatic nitrogens is 3. The van der Waals surface area contributed by atoms with Crippen LogP contribution < -0.4 is 6.15 Å². The van der Waals surface area contributed by atoms with Crippen molar-refractivity contribution in [2.75, 3.05) is 0 Å². The Morgan fingerprint density at radius 2 is 1.50 bits per heavy atom. The number of hydrogen-bond donors (Lipinski definition) is 3. The van der Waals surface area contributed by atoms with E-state index in [1.54, 1.807) is 12.4 Å².